The minimum Gasteiger partial charge on any atom is -0.480 e. The van der Waals surface area contributed by atoms with E-state index in [0.717, 1.165) is 14.5 Å². The number of nitrogens with zero attached hydrogens (tertiary/aromatic N) is 1. The molecule has 128 valence electrons. The van der Waals surface area contributed by atoms with Crippen LogP contribution in [0.15, 0.2) is 59.5 Å². The largest absolute Gasteiger partial charge is 0.480 e. The van der Waals surface area contributed by atoms with Gasteiger partial charge in [0.1, 0.15) is 6.04 Å². The van der Waals surface area contributed by atoms with Crippen molar-refractivity contribution in [2.24, 2.45) is 5.92 Å². The van der Waals surface area contributed by atoms with Crippen molar-refractivity contribution in [2.75, 3.05) is 0 Å². The number of hydrogen-bond donors (Lipinski definition) is 1. The van der Waals surface area contributed by atoms with Gasteiger partial charge in [-0.25, -0.2) is 8.42 Å². The van der Waals surface area contributed by atoms with Crippen LogP contribution in [0.2, 0.25) is 0 Å². The average Bonchev–Trinajstić information content (AvgIpc) is 2.55. The second kappa shape index (κ2) is 7.46. The molecule has 0 spiro atoms. The maximum atomic E-state index is 12.6. The highest BCUT2D eigenvalue weighted by Crippen LogP contribution is 2.27. The van der Waals surface area contributed by atoms with Crippen LogP contribution in [0.1, 0.15) is 13.8 Å². The van der Waals surface area contributed by atoms with Crippen LogP contribution in [0.25, 0.3) is 11.1 Å². The molecule has 0 saturated carbocycles. The van der Waals surface area contributed by atoms with Gasteiger partial charge in [-0.1, -0.05) is 56.3 Å². The molecule has 0 heterocycles. The Morgan fingerprint density at radius 3 is 1.96 bits per heavy atom. The molecule has 0 aliphatic rings. The number of aliphatic carboxylic acids is 1. The fourth-order valence-electron chi connectivity index (χ4n) is 2.31. The molecule has 5 nitrogen and oxygen atoms in total. The van der Waals surface area contributed by atoms with Crippen LogP contribution in [-0.4, -0.2) is 28.9 Å². The van der Waals surface area contributed by atoms with E-state index in [4.69, 9.17) is 0 Å². The molecule has 0 fully saturated rings. The summed E-state index contributed by atoms with van der Waals surface area (Å²) in [6, 6.07) is 14.7. The van der Waals surface area contributed by atoms with E-state index >= 15 is 0 Å². The first-order chi connectivity index (χ1) is 11.2. The van der Waals surface area contributed by atoms with Gasteiger partial charge in [0.2, 0.25) is 0 Å². The van der Waals surface area contributed by atoms with Crippen LogP contribution in [0.5, 0.6) is 0 Å². The minimum atomic E-state index is -3.96. The van der Waals surface area contributed by atoms with E-state index in [2.05, 4.69) is 16.1 Å². The average molecular weight is 412 g/mol. The lowest BCUT2D eigenvalue weighted by Crippen LogP contribution is -2.42. The van der Waals surface area contributed by atoms with Crippen molar-refractivity contribution in [1.82, 2.24) is 3.33 Å². The highest BCUT2D eigenvalue weighted by atomic mass is 79.9. The summed E-state index contributed by atoms with van der Waals surface area (Å²) in [5.74, 6) is -1.59. The van der Waals surface area contributed by atoms with Gasteiger partial charge in [0.25, 0.3) is 10.0 Å². The summed E-state index contributed by atoms with van der Waals surface area (Å²) in [6.45, 7) is 3.31. The van der Waals surface area contributed by atoms with Gasteiger partial charge in [-0.2, -0.15) is 0 Å². The van der Waals surface area contributed by atoms with E-state index in [0.29, 0.717) is 0 Å². The number of carboxylic acid groups (broad SMARTS) is 1. The standard InChI is InChI=1S/C17H18BrNO4S/c1-12(2)16(17(20)21)19(18)24(22,23)15-10-8-14(9-11-15)13-6-4-3-5-7-13/h3-12,16H,1-2H3,(H,20,21). The van der Waals surface area contributed by atoms with Crippen molar-refractivity contribution in [2.45, 2.75) is 24.8 Å². The van der Waals surface area contributed by atoms with Gasteiger partial charge in [-0.05, 0) is 29.2 Å². The Bertz CT molecular complexity index is 804. The maximum absolute atomic E-state index is 12.6. The number of carbonyl (C=O) groups is 1. The van der Waals surface area contributed by atoms with Crippen molar-refractivity contribution < 1.29 is 18.3 Å². The Morgan fingerprint density at radius 2 is 1.50 bits per heavy atom. The first-order valence-electron chi connectivity index (χ1n) is 7.33. The fraction of sp³-hybridized carbons (Fsp3) is 0.235. The predicted octanol–water partition coefficient (Wildman–Crippen LogP) is 3.76. The number of carboxylic acids is 1. The molecule has 1 unspecified atom stereocenters. The molecule has 0 aliphatic heterocycles. The molecule has 7 heteroatoms. The smallest absolute Gasteiger partial charge is 0.323 e. The topological polar surface area (TPSA) is 74.7 Å². The molecule has 0 saturated heterocycles. The normalized spacial score (nSPS) is 13.2. The molecular weight excluding hydrogens is 394 g/mol. The number of rotatable bonds is 6. The summed E-state index contributed by atoms with van der Waals surface area (Å²) >= 11 is 2.93. The lowest BCUT2D eigenvalue weighted by molar-refractivity contribution is -0.141. The first kappa shape index (κ1) is 18.6. The molecule has 1 N–H and O–H groups in total. The SMILES string of the molecule is CC(C)C(C(=O)O)N(Br)S(=O)(=O)c1ccc(-c2ccccc2)cc1. The van der Waals surface area contributed by atoms with Gasteiger partial charge < -0.3 is 5.11 Å². The van der Waals surface area contributed by atoms with E-state index < -0.39 is 22.0 Å². The van der Waals surface area contributed by atoms with Gasteiger partial charge >= 0.3 is 5.97 Å². The molecule has 0 aromatic heterocycles. The van der Waals surface area contributed by atoms with E-state index in [-0.39, 0.29) is 10.8 Å². The molecule has 0 amide bonds. The zero-order valence-electron chi connectivity index (χ0n) is 13.3. The molecule has 0 aliphatic carbocycles. The van der Waals surface area contributed by atoms with Crippen molar-refractivity contribution in [3.63, 3.8) is 0 Å². The zero-order chi connectivity index (χ0) is 17.9. The number of hydrogen-bond acceptors (Lipinski definition) is 3. The summed E-state index contributed by atoms with van der Waals surface area (Å²) in [6.07, 6.45) is 0. The van der Waals surface area contributed by atoms with Gasteiger partial charge in [-0.3, -0.25) is 4.79 Å². The second-order valence-corrected chi connectivity index (χ2v) is 8.71. The van der Waals surface area contributed by atoms with Crippen LogP contribution in [-0.2, 0) is 14.8 Å². The highest BCUT2D eigenvalue weighted by molar-refractivity contribution is 9.08. The molecule has 2 rings (SSSR count). The molecule has 0 radical (unpaired) electrons. The number of halogens is 1. The zero-order valence-corrected chi connectivity index (χ0v) is 15.7. The lowest BCUT2D eigenvalue weighted by Gasteiger charge is -2.24. The fourth-order valence-corrected chi connectivity index (χ4v) is 4.77. The highest BCUT2D eigenvalue weighted by Gasteiger charge is 2.36. The molecule has 2 aromatic rings. The summed E-state index contributed by atoms with van der Waals surface area (Å²) in [4.78, 5) is 11.4. The van der Waals surface area contributed by atoms with Gasteiger partial charge in [0.15, 0.2) is 0 Å². The summed E-state index contributed by atoms with van der Waals surface area (Å²) in [7, 11) is -3.96. The van der Waals surface area contributed by atoms with E-state index in [1.165, 1.54) is 12.1 Å². The van der Waals surface area contributed by atoms with Crippen LogP contribution >= 0.6 is 16.1 Å². The van der Waals surface area contributed by atoms with Crippen LogP contribution in [0, 0.1) is 5.92 Å². The monoisotopic (exact) mass is 411 g/mol. The molecule has 24 heavy (non-hydrogen) atoms. The Morgan fingerprint density at radius 1 is 1.00 bits per heavy atom. The van der Waals surface area contributed by atoms with E-state index in [9.17, 15) is 18.3 Å². The Balaban J connectivity index is 2.34. The van der Waals surface area contributed by atoms with Gasteiger partial charge in [0, 0.05) is 16.1 Å². The summed E-state index contributed by atoms with van der Waals surface area (Å²) in [5.41, 5.74) is 1.86. The third-order valence-corrected chi connectivity index (χ3v) is 6.73. The quantitative estimate of drug-likeness (QED) is 0.734. The summed E-state index contributed by atoms with van der Waals surface area (Å²) < 4.78 is 26.0. The first-order valence-corrected chi connectivity index (χ1v) is 9.48. The number of sulfonamides is 1. The van der Waals surface area contributed by atoms with E-state index in [1.54, 1.807) is 26.0 Å². The number of benzene rings is 2. The predicted molar refractivity (Wildman–Crippen MR) is 96.1 cm³/mol. The van der Waals surface area contributed by atoms with Crippen LogP contribution in [0.4, 0.5) is 0 Å². The van der Waals surface area contributed by atoms with E-state index in [1.807, 2.05) is 30.3 Å². The van der Waals surface area contributed by atoms with Crippen molar-refractivity contribution in [3.05, 3.63) is 54.6 Å². The molecular formula is C17H18BrNO4S. The minimum absolute atomic E-state index is 0.0333. The molecule has 2 aromatic carbocycles. The Labute approximate surface area is 150 Å². The molecule has 0 bridgehead atoms. The van der Waals surface area contributed by atoms with Crippen LogP contribution in [0.3, 0.4) is 0 Å². The third kappa shape index (κ3) is 3.85. The Kier molecular flexibility index (Phi) is 5.79. The second-order valence-electron chi connectivity index (χ2n) is 5.66. The van der Waals surface area contributed by atoms with Crippen molar-refractivity contribution in [1.29, 1.82) is 0 Å². The van der Waals surface area contributed by atoms with Crippen molar-refractivity contribution in [3.8, 4) is 11.1 Å². The van der Waals surface area contributed by atoms with Crippen molar-refractivity contribution >= 4 is 32.1 Å². The summed E-state index contributed by atoms with van der Waals surface area (Å²) in [5, 5.41) is 9.28. The third-order valence-electron chi connectivity index (χ3n) is 3.59. The van der Waals surface area contributed by atoms with Gasteiger partial charge in [0.05, 0.1) is 4.90 Å². The molecule has 1 atom stereocenters. The maximum Gasteiger partial charge on any atom is 0.323 e. The Hall–Kier alpha value is -1.70. The van der Waals surface area contributed by atoms with Crippen LogP contribution < -0.4 is 0 Å². The van der Waals surface area contributed by atoms with Gasteiger partial charge in [-0.15, -0.1) is 3.33 Å². The lowest BCUT2D eigenvalue weighted by atomic mass is 10.1.